The first kappa shape index (κ1) is 24.0. The van der Waals surface area contributed by atoms with Crippen molar-refractivity contribution >= 4 is 20.4 Å². The molecule has 1 saturated heterocycles. The van der Waals surface area contributed by atoms with Crippen LogP contribution in [-0.2, 0) is 0 Å². The lowest BCUT2D eigenvalue weighted by Gasteiger charge is -2.29. The zero-order valence-electron chi connectivity index (χ0n) is 18.6. The monoisotopic (exact) mass is 456 g/mol. The maximum Gasteiger partial charge on any atom is 0.487 e. The normalized spacial score (nSPS) is 27.7. The van der Waals surface area contributed by atoms with Crippen molar-refractivity contribution in [3.05, 3.63) is 29.8 Å². The Labute approximate surface area is 188 Å². The number of benzene rings is 1. The third-order valence-corrected chi connectivity index (χ3v) is 11.3. The molecule has 2 fully saturated rings. The molecule has 30 heavy (non-hydrogen) atoms. The molecular formula is C25H39ClF2OSi. The highest BCUT2D eigenvalue weighted by Gasteiger charge is 2.28. The van der Waals surface area contributed by atoms with Crippen molar-refractivity contribution in [2.24, 2.45) is 11.8 Å². The van der Waals surface area contributed by atoms with E-state index in [1.54, 1.807) is 30.3 Å². The average Bonchev–Trinajstić information content (AvgIpc) is 2.73. The minimum atomic E-state index is -3.64. The summed E-state index contributed by atoms with van der Waals surface area (Å²) >= 11 is 4.83. The van der Waals surface area contributed by atoms with Crippen LogP contribution in [0.2, 0.25) is 18.1 Å². The van der Waals surface area contributed by atoms with Gasteiger partial charge in [-0.3, -0.25) is 0 Å². The SMILES string of the molecule is CCC[SiH]1CCC(CCCCC2CCC(c3ccc(OC(F)(F)Cl)cc3)CC2)CC1. The van der Waals surface area contributed by atoms with Gasteiger partial charge in [0.25, 0.3) is 0 Å². The molecule has 0 spiro atoms. The van der Waals surface area contributed by atoms with Crippen LogP contribution in [0.5, 0.6) is 5.75 Å². The van der Waals surface area contributed by atoms with Crippen molar-refractivity contribution in [3.8, 4) is 5.75 Å². The van der Waals surface area contributed by atoms with Gasteiger partial charge in [0.2, 0.25) is 0 Å². The molecule has 0 N–H and O–H groups in total. The van der Waals surface area contributed by atoms with Gasteiger partial charge in [0.15, 0.2) is 0 Å². The molecule has 1 aromatic carbocycles. The Balaban J connectivity index is 1.29. The fourth-order valence-corrected chi connectivity index (χ4v) is 9.47. The van der Waals surface area contributed by atoms with Crippen LogP contribution in [-0.4, -0.2) is 14.4 Å². The topological polar surface area (TPSA) is 9.23 Å². The first-order valence-corrected chi connectivity index (χ1v) is 15.1. The maximum absolute atomic E-state index is 12.7. The van der Waals surface area contributed by atoms with Crippen LogP contribution >= 0.6 is 11.6 Å². The van der Waals surface area contributed by atoms with E-state index >= 15 is 0 Å². The summed E-state index contributed by atoms with van der Waals surface area (Å²) in [6, 6.07) is 11.9. The van der Waals surface area contributed by atoms with E-state index in [9.17, 15) is 8.78 Å². The summed E-state index contributed by atoms with van der Waals surface area (Å²) in [5.74, 6) is 2.58. The van der Waals surface area contributed by atoms with Crippen molar-refractivity contribution < 1.29 is 13.5 Å². The largest absolute Gasteiger partial charge is 0.487 e. The summed E-state index contributed by atoms with van der Waals surface area (Å²) < 4.78 is 29.9. The van der Waals surface area contributed by atoms with E-state index in [1.807, 2.05) is 12.1 Å². The van der Waals surface area contributed by atoms with Gasteiger partial charge < -0.3 is 4.74 Å². The molecule has 5 heteroatoms. The number of hydrogen-bond acceptors (Lipinski definition) is 1. The van der Waals surface area contributed by atoms with E-state index in [2.05, 4.69) is 11.7 Å². The summed E-state index contributed by atoms with van der Waals surface area (Å²) in [5, 5.41) is 0. The number of alkyl halides is 3. The molecule has 170 valence electrons. The molecule has 0 radical (unpaired) electrons. The smallest absolute Gasteiger partial charge is 0.420 e. The van der Waals surface area contributed by atoms with Gasteiger partial charge in [0.1, 0.15) is 5.75 Å². The second-order valence-electron chi connectivity index (χ2n) is 9.79. The number of ether oxygens (including phenoxy) is 1. The van der Waals surface area contributed by atoms with E-state index in [0.29, 0.717) is 5.92 Å². The van der Waals surface area contributed by atoms with Gasteiger partial charge in [-0.2, -0.15) is 0 Å². The number of rotatable bonds is 10. The van der Waals surface area contributed by atoms with Crippen LogP contribution in [0.25, 0.3) is 0 Å². The van der Waals surface area contributed by atoms with Gasteiger partial charge >= 0.3 is 5.57 Å². The van der Waals surface area contributed by atoms with E-state index < -0.39 is 5.57 Å². The molecule has 1 aromatic rings. The first-order chi connectivity index (χ1) is 14.4. The predicted octanol–water partition coefficient (Wildman–Crippen LogP) is 8.74. The van der Waals surface area contributed by atoms with Crippen LogP contribution in [0, 0.1) is 11.8 Å². The van der Waals surface area contributed by atoms with Crippen molar-refractivity contribution in [3.63, 3.8) is 0 Å². The highest BCUT2D eigenvalue weighted by Crippen LogP contribution is 2.39. The third kappa shape index (κ3) is 8.14. The second-order valence-corrected chi connectivity index (χ2v) is 13.7. The Morgan fingerprint density at radius 3 is 2.03 bits per heavy atom. The standard InChI is InChI=1S/C25H39ClF2OSi/c1-2-17-30-18-15-21(16-19-30)6-4-3-5-20-7-9-22(10-8-20)23-11-13-24(14-12-23)29-25(26,27)28/h11-14,20-22,30H,2-10,15-19H2,1H3. The summed E-state index contributed by atoms with van der Waals surface area (Å²) in [4.78, 5) is 0. The van der Waals surface area contributed by atoms with Crippen LogP contribution < -0.4 is 4.74 Å². The Morgan fingerprint density at radius 2 is 1.50 bits per heavy atom. The first-order valence-electron chi connectivity index (χ1n) is 12.3. The van der Waals surface area contributed by atoms with Crippen molar-refractivity contribution in [2.45, 2.75) is 107 Å². The molecule has 0 atom stereocenters. The second kappa shape index (κ2) is 11.9. The number of unbranched alkanes of at least 4 members (excludes halogenated alkanes) is 1. The van der Waals surface area contributed by atoms with E-state index in [1.165, 1.54) is 76.2 Å². The summed E-state index contributed by atoms with van der Waals surface area (Å²) in [7, 11) is -0.320. The van der Waals surface area contributed by atoms with Crippen LogP contribution in [0.4, 0.5) is 8.78 Å². The Morgan fingerprint density at radius 1 is 0.933 bits per heavy atom. The van der Waals surface area contributed by atoms with E-state index in [0.717, 1.165) is 11.8 Å². The van der Waals surface area contributed by atoms with Crippen molar-refractivity contribution in [2.75, 3.05) is 0 Å². The molecule has 0 amide bonds. The minimum Gasteiger partial charge on any atom is -0.420 e. The molecule has 1 aliphatic carbocycles. The van der Waals surface area contributed by atoms with Crippen LogP contribution in [0.3, 0.4) is 0 Å². The molecule has 1 nitrogen and oxygen atoms in total. The molecule has 0 unspecified atom stereocenters. The zero-order valence-corrected chi connectivity index (χ0v) is 20.5. The number of halogens is 3. The Kier molecular flexibility index (Phi) is 9.50. The summed E-state index contributed by atoms with van der Waals surface area (Å²) in [5.41, 5.74) is -2.41. The van der Waals surface area contributed by atoms with Gasteiger partial charge in [-0.15, -0.1) is 8.78 Å². The Hall–Kier alpha value is -0.613. The lowest BCUT2D eigenvalue weighted by Crippen LogP contribution is -2.21. The van der Waals surface area contributed by atoms with Gasteiger partial charge in [-0.05, 0) is 61.1 Å². The Bertz CT molecular complexity index is 603. The lowest BCUT2D eigenvalue weighted by molar-refractivity contribution is -0.0964. The lowest BCUT2D eigenvalue weighted by atomic mass is 9.77. The third-order valence-electron chi connectivity index (χ3n) is 7.57. The molecule has 1 aliphatic heterocycles. The average molecular weight is 457 g/mol. The summed E-state index contributed by atoms with van der Waals surface area (Å²) in [6.45, 7) is 2.35. The molecular weight excluding hydrogens is 418 g/mol. The molecule has 0 bridgehead atoms. The maximum atomic E-state index is 12.7. The van der Waals surface area contributed by atoms with Gasteiger partial charge in [-0.25, -0.2) is 0 Å². The van der Waals surface area contributed by atoms with Crippen molar-refractivity contribution in [1.82, 2.24) is 0 Å². The zero-order chi connectivity index (χ0) is 21.4. The van der Waals surface area contributed by atoms with Gasteiger partial charge in [-0.1, -0.05) is 82.1 Å². The van der Waals surface area contributed by atoms with Crippen molar-refractivity contribution in [1.29, 1.82) is 0 Å². The van der Waals surface area contributed by atoms with Crippen LogP contribution in [0.15, 0.2) is 24.3 Å². The van der Waals surface area contributed by atoms with E-state index in [4.69, 9.17) is 11.6 Å². The molecule has 2 aliphatic rings. The predicted molar refractivity (Wildman–Crippen MR) is 126 cm³/mol. The van der Waals surface area contributed by atoms with E-state index in [-0.39, 0.29) is 14.5 Å². The fraction of sp³-hybridized carbons (Fsp3) is 0.760. The molecule has 0 aromatic heterocycles. The van der Waals surface area contributed by atoms with Gasteiger partial charge in [0, 0.05) is 20.4 Å². The van der Waals surface area contributed by atoms with Gasteiger partial charge in [0.05, 0.1) is 0 Å². The molecule has 1 saturated carbocycles. The quantitative estimate of drug-likeness (QED) is 0.194. The minimum absolute atomic E-state index is 0.119. The highest BCUT2D eigenvalue weighted by atomic mass is 35.5. The molecule has 1 heterocycles. The van der Waals surface area contributed by atoms with Crippen LogP contribution in [0.1, 0.15) is 89.0 Å². The number of hydrogen-bond donors (Lipinski definition) is 0. The fourth-order valence-electron chi connectivity index (χ4n) is 5.81. The highest BCUT2D eigenvalue weighted by molar-refractivity contribution is 6.58. The molecule has 3 rings (SSSR count). The summed E-state index contributed by atoms with van der Waals surface area (Å²) in [6.07, 6.45) is 15.2.